The van der Waals surface area contributed by atoms with Gasteiger partial charge < -0.3 is 14.2 Å². The van der Waals surface area contributed by atoms with Crippen LogP contribution in [0.4, 0.5) is 0 Å². The number of aromatic nitrogens is 2. The lowest BCUT2D eigenvalue weighted by Crippen LogP contribution is -2.46. The minimum absolute atomic E-state index is 0.0136. The molecule has 24 heavy (non-hydrogen) atoms. The molecule has 0 N–H and O–H groups in total. The van der Waals surface area contributed by atoms with Gasteiger partial charge in [0.1, 0.15) is 11.5 Å². The lowest BCUT2D eigenvalue weighted by atomic mass is 10.0. The van der Waals surface area contributed by atoms with E-state index in [9.17, 15) is 4.79 Å². The molecule has 1 aliphatic rings. The second-order valence-electron chi connectivity index (χ2n) is 6.82. The Balaban J connectivity index is 1.80. The van der Waals surface area contributed by atoms with Crippen LogP contribution < -0.4 is 0 Å². The predicted molar refractivity (Wildman–Crippen MR) is 91.7 cm³/mol. The zero-order valence-electron chi connectivity index (χ0n) is 14.7. The van der Waals surface area contributed by atoms with E-state index in [-0.39, 0.29) is 18.0 Å². The summed E-state index contributed by atoms with van der Waals surface area (Å²) in [6, 6.07) is 6.06. The quantitative estimate of drug-likeness (QED) is 0.846. The third kappa shape index (κ3) is 3.70. The summed E-state index contributed by atoms with van der Waals surface area (Å²) in [7, 11) is 2.12. The first-order valence-electron chi connectivity index (χ1n) is 8.61. The van der Waals surface area contributed by atoms with Crippen LogP contribution in [0.1, 0.15) is 49.0 Å². The molecule has 2 aromatic rings. The van der Waals surface area contributed by atoms with Crippen LogP contribution in [0.25, 0.3) is 0 Å². The number of nitrogens with zero attached hydrogens (tertiary/aromatic N) is 4. The number of carbonyl (C=O) groups excluding carboxylic acids is 1. The van der Waals surface area contributed by atoms with E-state index < -0.39 is 0 Å². The standard InChI is InChI=1S/C18H26N4O2/c1-14(2)22-11-8-17(19-22)18(23)21(13-16-5-4-12-24-16)15-6-9-20(3)10-7-15/h4-5,8,11-12,14-15H,6-7,9-10,13H2,1-3H3. The largest absolute Gasteiger partial charge is 0.467 e. The number of furan rings is 1. The van der Waals surface area contributed by atoms with Crippen molar-refractivity contribution in [2.75, 3.05) is 20.1 Å². The van der Waals surface area contributed by atoms with Crippen molar-refractivity contribution in [2.45, 2.75) is 45.3 Å². The SMILES string of the molecule is CC(C)n1ccc(C(=O)N(Cc2ccco2)C2CCN(C)CC2)n1. The van der Waals surface area contributed by atoms with Gasteiger partial charge in [-0.05, 0) is 65.0 Å². The normalized spacial score (nSPS) is 16.7. The summed E-state index contributed by atoms with van der Waals surface area (Å²) in [5, 5.41) is 4.45. The van der Waals surface area contributed by atoms with E-state index >= 15 is 0 Å². The van der Waals surface area contributed by atoms with Crippen molar-refractivity contribution in [1.29, 1.82) is 0 Å². The second-order valence-corrected chi connectivity index (χ2v) is 6.82. The molecular formula is C18H26N4O2. The lowest BCUT2D eigenvalue weighted by Gasteiger charge is -2.36. The molecule has 0 radical (unpaired) electrons. The first-order chi connectivity index (χ1) is 11.5. The molecule has 0 saturated carbocycles. The summed E-state index contributed by atoms with van der Waals surface area (Å²) >= 11 is 0. The number of hydrogen-bond donors (Lipinski definition) is 0. The summed E-state index contributed by atoms with van der Waals surface area (Å²) < 4.78 is 7.30. The minimum Gasteiger partial charge on any atom is -0.467 e. The van der Waals surface area contributed by atoms with Crippen molar-refractivity contribution in [1.82, 2.24) is 19.6 Å². The Morgan fingerprint density at radius 1 is 1.38 bits per heavy atom. The van der Waals surface area contributed by atoms with Gasteiger partial charge in [0, 0.05) is 18.3 Å². The highest BCUT2D eigenvalue weighted by Gasteiger charge is 2.29. The molecule has 0 unspecified atom stereocenters. The zero-order valence-corrected chi connectivity index (χ0v) is 14.7. The highest BCUT2D eigenvalue weighted by atomic mass is 16.3. The van der Waals surface area contributed by atoms with Crippen LogP contribution in [0.3, 0.4) is 0 Å². The smallest absolute Gasteiger partial charge is 0.275 e. The van der Waals surface area contributed by atoms with Crippen LogP contribution in [-0.2, 0) is 6.54 Å². The molecule has 1 amide bonds. The van der Waals surface area contributed by atoms with Crippen molar-refractivity contribution >= 4 is 5.91 Å². The first-order valence-corrected chi connectivity index (χ1v) is 8.61. The predicted octanol–water partition coefficient (Wildman–Crippen LogP) is 2.79. The molecule has 6 nitrogen and oxygen atoms in total. The monoisotopic (exact) mass is 330 g/mol. The fourth-order valence-electron chi connectivity index (χ4n) is 3.13. The van der Waals surface area contributed by atoms with E-state index in [2.05, 4.69) is 30.9 Å². The molecule has 6 heteroatoms. The number of carbonyl (C=O) groups is 1. The molecule has 3 heterocycles. The van der Waals surface area contributed by atoms with E-state index in [1.807, 2.05) is 34.0 Å². The summed E-state index contributed by atoms with van der Waals surface area (Å²) in [5.41, 5.74) is 0.509. The number of rotatable bonds is 5. The van der Waals surface area contributed by atoms with Crippen molar-refractivity contribution < 1.29 is 9.21 Å². The zero-order chi connectivity index (χ0) is 17.1. The van der Waals surface area contributed by atoms with Crippen LogP contribution in [-0.4, -0.2) is 51.7 Å². The molecule has 2 aromatic heterocycles. The number of hydrogen-bond acceptors (Lipinski definition) is 4. The third-order valence-electron chi connectivity index (χ3n) is 4.65. The molecule has 0 aliphatic carbocycles. The highest BCUT2D eigenvalue weighted by Crippen LogP contribution is 2.21. The summed E-state index contributed by atoms with van der Waals surface area (Å²) in [5.74, 6) is 0.797. The molecule has 130 valence electrons. The lowest BCUT2D eigenvalue weighted by molar-refractivity contribution is 0.0543. The van der Waals surface area contributed by atoms with Gasteiger partial charge in [-0.15, -0.1) is 0 Å². The number of amides is 1. The fraction of sp³-hybridized carbons (Fsp3) is 0.556. The maximum Gasteiger partial charge on any atom is 0.275 e. The third-order valence-corrected chi connectivity index (χ3v) is 4.65. The van der Waals surface area contributed by atoms with Gasteiger partial charge in [0.25, 0.3) is 5.91 Å². The van der Waals surface area contributed by atoms with Crippen molar-refractivity contribution in [2.24, 2.45) is 0 Å². The molecule has 0 spiro atoms. The van der Waals surface area contributed by atoms with E-state index in [1.54, 1.807) is 6.26 Å². The van der Waals surface area contributed by atoms with E-state index in [1.165, 1.54) is 0 Å². The molecule has 3 rings (SSSR count). The Morgan fingerprint density at radius 3 is 2.71 bits per heavy atom. The molecule has 0 aromatic carbocycles. The second kappa shape index (κ2) is 7.21. The molecule has 1 aliphatic heterocycles. The van der Waals surface area contributed by atoms with Gasteiger partial charge in [0.05, 0.1) is 12.8 Å². The van der Waals surface area contributed by atoms with Crippen molar-refractivity contribution in [3.63, 3.8) is 0 Å². The van der Waals surface area contributed by atoms with Gasteiger partial charge in [-0.3, -0.25) is 9.48 Å². The molecule has 0 atom stereocenters. The van der Waals surface area contributed by atoms with Gasteiger partial charge >= 0.3 is 0 Å². The van der Waals surface area contributed by atoms with E-state index in [4.69, 9.17) is 4.42 Å². The average molecular weight is 330 g/mol. The molecular weight excluding hydrogens is 304 g/mol. The summed E-state index contributed by atoms with van der Waals surface area (Å²) in [6.07, 6.45) is 5.49. The van der Waals surface area contributed by atoms with Crippen LogP contribution in [0.5, 0.6) is 0 Å². The maximum atomic E-state index is 13.1. The molecule has 1 saturated heterocycles. The Morgan fingerprint density at radius 2 is 2.12 bits per heavy atom. The Hall–Kier alpha value is -2.08. The number of piperidine rings is 1. The summed E-state index contributed by atoms with van der Waals surface area (Å²) in [6.45, 7) is 6.62. The Bertz CT molecular complexity index is 654. The molecule has 1 fully saturated rings. The molecule has 0 bridgehead atoms. The highest BCUT2D eigenvalue weighted by molar-refractivity contribution is 5.92. The van der Waals surface area contributed by atoms with Crippen molar-refractivity contribution in [3.8, 4) is 0 Å². The van der Waals surface area contributed by atoms with E-state index in [0.29, 0.717) is 12.2 Å². The van der Waals surface area contributed by atoms with Gasteiger partial charge in [-0.25, -0.2) is 0 Å². The minimum atomic E-state index is -0.0136. The average Bonchev–Trinajstić information content (AvgIpc) is 3.24. The van der Waals surface area contributed by atoms with Crippen LogP contribution in [0.2, 0.25) is 0 Å². The topological polar surface area (TPSA) is 54.5 Å². The van der Waals surface area contributed by atoms with E-state index in [0.717, 1.165) is 31.7 Å². The number of likely N-dealkylation sites (tertiary alicyclic amines) is 1. The van der Waals surface area contributed by atoms with Crippen LogP contribution in [0.15, 0.2) is 35.1 Å². The van der Waals surface area contributed by atoms with Gasteiger partial charge in [-0.1, -0.05) is 0 Å². The maximum absolute atomic E-state index is 13.1. The Labute approximate surface area is 143 Å². The van der Waals surface area contributed by atoms with Crippen LogP contribution >= 0.6 is 0 Å². The van der Waals surface area contributed by atoms with Gasteiger partial charge in [0.2, 0.25) is 0 Å². The fourth-order valence-corrected chi connectivity index (χ4v) is 3.13. The van der Waals surface area contributed by atoms with Gasteiger partial charge in [0.15, 0.2) is 0 Å². The van der Waals surface area contributed by atoms with Crippen molar-refractivity contribution in [3.05, 3.63) is 42.1 Å². The van der Waals surface area contributed by atoms with Crippen LogP contribution in [0, 0.1) is 0 Å². The van der Waals surface area contributed by atoms with Gasteiger partial charge in [-0.2, -0.15) is 5.10 Å². The first kappa shape index (κ1) is 16.8. The summed E-state index contributed by atoms with van der Waals surface area (Å²) in [4.78, 5) is 17.3. The Kier molecular flexibility index (Phi) is 5.04.